The highest BCUT2D eigenvalue weighted by molar-refractivity contribution is 8.68. The van der Waals surface area contributed by atoms with Crippen molar-refractivity contribution in [1.29, 1.82) is 5.26 Å². The molecule has 0 spiro atoms. The Kier molecular flexibility index (Phi) is 3.46. The Morgan fingerprint density at radius 3 is 2.82 bits per heavy atom. The first kappa shape index (κ1) is 11.7. The van der Waals surface area contributed by atoms with E-state index in [2.05, 4.69) is 21.7 Å². The average molecular weight is 262 g/mol. The summed E-state index contributed by atoms with van der Waals surface area (Å²) in [5.41, 5.74) is 0.106. The molecular formula is C10H6N4OS2. The zero-order valence-corrected chi connectivity index (χ0v) is 10.2. The molecule has 2 heterocycles. The van der Waals surface area contributed by atoms with Crippen molar-refractivity contribution < 1.29 is 0 Å². The summed E-state index contributed by atoms with van der Waals surface area (Å²) >= 11 is 4.01. The van der Waals surface area contributed by atoms with Gasteiger partial charge >= 0.3 is 0 Å². The normalized spacial score (nSPS) is 9.88. The standard InChI is InChI=1S/C10H6N4OS2/c11-5-7-3-4-13-14(10(7)15)8-1-2-9(17-16)12-6-8/h1-4,6,16H. The molecule has 2 aromatic heterocycles. The third-order valence-corrected chi connectivity index (χ3v) is 3.02. The van der Waals surface area contributed by atoms with Crippen LogP contribution in [0.4, 0.5) is 0 Å². The second kappa shape index (κ2) is 5.03. The predicted molar refractivity (Wildman–Crippen MR) is 67.2 cm³/mol. The highest BCUT2D eigenvalue weighted by atomic mass is 33.1. The Hall–Kier alpha value is -1.78. The summed E-state index contributed by atoms with van der Waals surface area (Å²) in [5.74, 6) is 0. The maximum absolute atomic E-state index is 11.8. The van der Waals surface area contributed by atoms with E-state index in [0.29, 0.717) is 5.69 Å². The lowest BCUT2D eigenvalue weighted by molar-refractivity contribution is 0.795. The van der Waals surface area contributed by atoms with Crippen LogP contribution in [0.1, 0.15) is 5.56 Å². The number of nitriles is 1. The van der Waals surface area contributed by atoms with Gasteiger partial charge in [0.15, 0.2) is 0 Å². The van der Waals surface area contributed by atoms with E-state index in [0.717, 1.165) is 9.71 Å². The third-order valence-electron chi connectivity index (χ3n) is 2.03. The van der Waals surface area contributed by atoms with Crippen molar-refractivity contribution in [2.45, 2.75) is 5.03 Å². The van der Waals surface area contributed by atoms with Gasteiger partial charge in [-0.2, -0.15) is 15.0 Å². The van der Waals surface area contributed by atoms with Crippen LogP contribution in [0.5, 0.6) is 0 Å². The Morgan fingerprint density at radius 1 is 1.41 bits per heavy atom. The van der Waals surface area contributed by atoms with Gasteiger partial charge in [0.05, 0.1) is 11.9 Å². The molecule has 0 aliphatic rings. The first-order chi connectivity index (χ1) is 8.26. The highest BCUT2D eigenvalue weighted by Crippen LogP contribution is 2.18. The zero-order valence-electron chi connectivity index (χ0n) is 8.44. The van der Waals surface area contributed by atoms with Crippen molar-refractivity contribution in [1.82, 2.24) is 14.8 Å². The van der Waals surface area contributed by atoms with Crippen LogP contribution in [0.3, 0.4) is 0 Å². The lowest BCUT2D eigenvalue weighted by Crippen LogP contribution is -2.23. The predicted octanol–water partition coefficient (Wildman–Crippen LogP) is 1.44. The third kappa shape index (κ3) is 2.33. The first-order valence-corrected chi connectivity index (χ1v) is 6.39. The van der Waals surface area contributed by atoms with Crippen molar-refractivity contribution in [3.05, 3.63) is 46.5 Å². The van der Waals surface area contributed by atoms with Gasteiger partial charge in [-0.15, -0.1) is 11.7 Å². The molecule has 0 aliphatic carbocycles. The second-order valence-corrected chi connectivity index (χ2v) is 4.17. The van der Waals surface area contributed by atoms with Gasteiger partial charge in [0.25, 0.3) is 5.56 Å². The number of aromatic nitrogens is 3. The molecule has 5 nitrogen and oxygen atoms in total. The van der Waals surface area contributed by atoms with Crippen LogP contribution >= 0.6 is 22.5 Å². The van der Waals surface area contributed by atoms with E-state index in [-0.39, 0.29) is 5.56 Å². The quantitative estimate of drug-likeness (QED) is 0.655. The minimum atomic E-state index is -0.455. The van der Waals surface area contributed by atoms with E-state index >= 15 is 0 Å². The lowest BCUT2D eigenvalue weighted by Gasteiger charge is -2.03. The molecule has 0 aliphatic heterocycles. The van der Waals surface area contributed by atoms with Crippen LogP contribution in [-0.4, -0.2) is 14.8 Å². The number of thiol groups is 1. The fourth-order valence-corrected chi connectivity index (χ4v) is 1.79. The van der Waals surface area contributed by atoms with Crippen LogP contribution in [-0.2, 0) is 0 Å². The molecule has 0 bridgehead atoms. The molecule has 0 amide bonds. The molecule has 0 saturated heterocycles. The van der Waals surface area contributed by atoms with E-state index < -0.39 is 5.56 Å². The van der Waals surface area contributed by atoms with Crippen LogP contribution in [0, 0.1) is 11.3 Å². The minimum absolute atomic E-state index is 0.0487. The van der Waals surface area contributed by atoms with Gasteiger partial charge in [-0.25, -0.2) is 4.98 Å². The van der Waals surface area contributed by atoms with E-state index in [9.17, 15) is 4.79 Å². The SMILES string of the molecule is N#Cc1ccnn(-c2ccc(SS)nc2)c1=O. The number of pyridine rings is 1. The van der Waals surface area contributed by atoms with Gasteiger partial charge in [-0.1, -0.05) is 0 Å². The van der Waals surface area contributed by atoms with E-state index in [4.69, 9.17) is 5.26 Å². The van der Waals surface area contributed by atoms with E-state index in [1.807, 2.05) is 6.07 Å². The first-order valence-electron chi connectivity index (χ1n) is 4.52. The van der Waals surface area contributed by atoms with Crippen molar-refractivity contribution >= 4 is 22.5 Å². The smallest absolute Gasteiger partial charge is 0.266 e. The van der Waals surface area contributed by atoms with Crippen molar-refractivity contribution in [2.75, 3.05) is 0 Å². The second-order valence-electron chi connectivity index (χ2n) is 3.02. The molecule has 0 atom stereocenters. The molecule has 0 fully saturated rings. The van der Waals surface area contributed by atoms with Crippen LogP contribution in [0.2, 0.25) is 0 Å². The topological polar surface area (TPSA) is 71.6 Å². The summed E-state index contributed by atoms with van der Waals surface area (Å²) in [6, 6.07) is 6.61. The summed E-state index contributed by atoms with van der Waals surface area (Å²) < 4.78 is 1.14. The van der Waals surface area contributed by atoms with E-state index in [1.54, 1.807) is 12.1 Å². The van der Waals surface area contributed by atoms with Crippen molar-refractivity contribution in [2.24, 2.45) is 0 Å². The van der Waals surface area contributed by atoms with Gasteiger partial charge in [0, 0.05) is 6.20 Å². The maximum Gasteiger partial charge on any atom is 0.289 e. The van der Waals surface area contributed by atoms with Crippen molar-refractivity contribution in [3.63, 3.8) is 0 Å². The van der Waals surface area contributed by atoms with Gasteiger partial charge in [-0.3, -0.25) is 4.79 Å². The van der Waals surface area contributed by atoms with Gasteiger partial charge < -0.3 is 0 Å². The molecular weight excluding hydrogens is 256 g/mol. The van der Waals surface area contributed by atoms with Crippen LogP contribution in [0.15, 0.2) is 40.4 Å². The summed E-state index contributed by atoms with van der Waals surface area (Å²) in [6.45, 7) is 0. The maximum atomic E-state index is 11.8. The number of hydrogen-bond donors (Lipinski definition) is 1. The lowest BCUT2D eigenvalue weighted by atomic mass is 10.3. The Labute approximate surface area is 106 Å². The Morgan fingerprint density at radius 2 is 2.24 bits per heavy atom. The highest BCUT2D eigenvalue weighted by Gasteiger charge is 2.05. The van der Waals surface area contributed by atoms with Crippen LogP contribution < -0.4 is 5.56 Å². The van der Waals surface area contributed by atoms with Gasteiger partial charge in [0.2, 0.25) is 0 Å². The molecule has 2 rings (SSSR count). The number of hydrogen-bond acceptors (Lipinski definition) is 6. The molecule has 17 heavy (non-hydrogen) atoms. The molecule has 2 aromatic rings. The Balaban J connectivity index is 2.54. The van der Waals surface area contributed by atoms with E-state index in [1.165, 1.54) is 29.3 Å². The summed E-state index contributed by atoms with van der Waals surface area (Å²) in [6.07, 6.45) is 2.91. The number of nitrogens with zero attached hydrogens (tertiary/aromatic N) is 4. The summed E-state index contributed by atoms with van der Waals surface area (Å²) in [4.78, 5) is 15.9. The number of rotatable bonds is 2. The molecule has 0 radical (unpaired) electrons. The molecule has 0 N–H and O–H groups in total. The summed E-state index contributed by atoms with van der Waals surface area (Å²) in [7, 11) is 1.21. The van der Waals surface area contributed by atoms with Gasteiger partial charge in [0.1, 0.15) is 16.7 Å². The molecule has 0 saturated carbocycles. The van der Waals surface area contributed by atoms with Crippen LogP contribution in [0.25, 0.3) is 5.69 Å². The largest absolute Gasteiger partial charge is 0.289 e. The minimum Gasteiger partial charge on any atom is -0.266 e. The average Bonchev–Trinajstić information content (AvgIpc) is 2.39. The summed E-state index contributed by atoms with van der Waals surface area (Å²) in [5, 5.41) is 13.4. The van der Waals surface area contributed by atoms with Crippen molar-refractivity contribution in [3.8, 4) is 11.8 Å². The molecule has 84 valence electrons. The molecule has 0 aromatic carbocycles. The monoisotopic (exact) mass is 262 g/mol. The molecule has 0 unspecified atom stereocenters. The molecule has 7 heteroatoms. The fourth-order valence-electron chi connectivity index (χ4n) is 1.23. The zero-order chi connectivity index (χ0) is 12.3. The fraction of sp³-hybridized carbons (Fsp3) is 0. The van der Waals surface area contributed by atoms with Gasteiger partial charge in [-0.05, 0) is 29.0 Å². The Bertz CT molecular complexity index is 630.